The largest absolute Gasteiger partial charge is 0.455 e. The van der Waals surface area contributed by atoms with E-state index in [2.05, 4.69) is 240 Å². The maximum atomic E-state index is 6.49. The van der Waals surface area contributed by atoms with Crippen LogP contribution in [0.5, 0.6) is 0 Å². The highest BCUT2D eigenvalue weighted by Crippen LogP contribution is 2.45. The van der Waals surface area contributed by atoms with Gasteiger partial charge >= 0.3 is 0 Å². The van der Waals surface area contributed by atoms with Gasteiger partial charge in [-0.2, -0.15) is 0 Å². The van der Waals surface area contributed by atoms with Gasteiger partial charge < -0.3 is 13.9 Å². The molecular weight excluding hydrogens is 789 g/mol. The second-order valence-electron chi connectivity index (χ2n) is 16.8. The van der Waals surface area contributed by atoms with Crippen molar-refractivity contribution in [1.82, 2.24) is 4.57 Å². The molecule has 0 saturated heterocycles. The summed E-state index contributed by atoms with van der Waals surface area (Å²) < 4.78 is 8.92. The molecule has 0 N–H and O–H groups in total. The molecule has 0 amide bonds. The number of rotatable bonds is 7. The van der Waals surface area contributed by atoms with E-state index in [1.807, 2.05) is 12.1 Å². The van der Waals surface area contributed by atoms with Crippen LogP contribution in [0.25, 0.3) is 104 Å². The third-order valence-corrected chi connectivity index (χ3v) is 13.2. The zero-order valence-electron chi connectivity index (χ0n) is 35.4. The molecule has 3 heteroatoms. The third kappa shape index (κ3) is 5.97. The number of nitrogens with zero attached hydrogens (tertiary/aromatic N) is 2. The fourth-order valence-corrected chi connectivity index (χ4v) is 10.3. The fraction of sp³-hybridized carbons (Fsp3) is 0. The molecule has 0 saturated carbocycles. The summed E-state index contributed by atoms with van der Waals surface area (Å²) in [6.07, 6.45) is 0. The Kier molecular flexibility index (Phi) is 8.53. The molecule has 304 valence electrons. The van der Waals surface area contributed by atoms with Crippen LogP contribution in [-0.4, -0.2) is 4.57 Å². The van der Waals surface area contributed by atoms with Crippen LogP contribution in [0, 0.1) is 0 Å². The number of para-hydroxylation sites is 5. The lowest BCUT2D eigenvalue weighted by atomic mass is 9.93. The highest BCUT2D eigenvalue weighted by Gasteiger charge is 2.21. The monoisotopic (exact) mass is 828 g/mol. The predicted octanol–water partition coefficient (Wildman–Crippen LogP) is 17.5. The van der Waals surface area contributed by atoms with Crippen molar-refractivity contribution >= 4 is 82.4 Å². The molecule has 65 heavy (non-hydrogen) atoms. The van der Waals surface area contributed by atoms with Crippen molar-refractivity contribution in [2.45, 2.75) is 0 Å². The zero-order chi connectivity index (χ0) is 42.8. The van der Waals surface area contributed by atoms with E-state index in [4.69, 9.17) is 4.42 Å². The Morgan fingerprint density at radius 1 is 0.338 bits per heavy atom. The second-order valence-corrected chi connectivity index (χ2v) is 16.8. The summed E-state index contributed by atoms with van der Waals surface area (Å²) in [6.45, 7) is 0. The highest BCUT2D eigenvalue weighted by atomic mass is 16.3. The summed E-state index contributed by atoms with van der Waals surface area (Å²) in [4.78, 5) is 2.43. The van der Waals surface area contributed by atoms with E-state index in [1.54, 1.807) is 0 Å². The SMILES string of the molecule is c1cc(-c2ccccc2-c2ccccc2-n2c3ccccc3c3ccccc32)cc(N(c2ccc(-c3cccc4c3oc3ccccc34)cc2)c2cccc3ccc4ccccc4c23)c1. The van der Waals surface area contributed by atoms with Crippen molar-refractivity contribution in [3.05, 3.63) is 243 Å². The summed E-state index contributed by atoms with van der Waals surface area (Å²) in [5.41, 5.74) is 15.4. The second kappa shape index (κ2) is 15.0. The number of hydrogen-bond donors (Lipinski definition) is 0. The molecule has 0 radical (unpaired) electrons. The molecule has 13 rings (SSSR count). The molecule has 13 aromatic rings. The maximum absolute atomic E-state index is 6.49. The number of aromatic nitrogens is 1. The Morgan fingerprint density at radius 2 is 0.923 bits per heavy atom. The van der Waals surface area contributed by atoms with Crippen molar-refractivity contribution in [3.63, 3.8) is 0 Å². The minimum Gasteiger partial charge on any atom is -0.455 e. The third-order valence-electron chi connectivity index (χ3n) is 13.2. The van der Waals surface area contributed by atoms with Gasteiger partial charge in [-0.25, -0.2) is 0 Å². The Balaban J connectivity index is 0.988. The van der Waals surface area contributed by atoms with Gasteiger partial charge in [-0.1, -0.05) is 188 Å². The van der Waals surface area contributed by atoms with Gasteiger partial charge in [-0.15, -0.1) is 0 Å². The molecule has 0 aliphatic rings. The normalized spacial score (nSPS) is 11.7. The number of hydrogen-bond acceptors (Lipinski definition) is 2. The number of benzene rings is 11. The van der Waals surface area contributed by atoms with E-state index in [1.165, 1.54) is 60.0 Å². The molecule has 11 aromatic carbocycles. The molecule has 0 spiro atoms. The molecular formula is C62H40N2O. The van der Waals surface area contributed by atoms with E-state index in [0.29, 0.717) is 0 Å². The van der Waals surface area contributed by atoms with Crippen LogP contribution in [-0.2, 0) is 0 Å². The highest BCUT2D eigenvalue weighted by molar-refractivity contribution is 6.16. The van der Waals surface area contributed by atoms with Crippen LogP contribution in [0.2, 0.25) is 0 Å². The molecule has 0 fully saturated rings. The minimum atomic E-state index is 0.901. The van der Waals surface area contributed by atoms with Gasteiger partial charge in [0, 0.05) is 49.4 Å². The predicted molar refractivity (Wildman–Crippen MR) is 274 cm³/mol. The van der Waals surface area contributed by atoms with Gasteiger partial charge in [0.15, 0.2) is 0 Å². The lowest BCUT2D eigenvalue weighted by Crippen LogP contribution is -2.10. The average Bonchev–Trinajstić information content (AvgIpc) is 3.93. The average molecular weight is 829 g/mol. The van der Waals surface area contributed by atoms with Crippen molar-refractivity contribution in [1.29, 1.82) is 0 Å². The van der Waals surface area contributed by atoms with Gasteiger partial charge in [0.25, 0.3) is 0 Å². The molecule has 0 bridgehead atoms. The summed E-state index contributed by atoms with van der Waals surface area (Å²) in [6, 6.07) is 87.8. The molecule has 0 unspecified atom stereocenters. The summed E-state index contributed by atoms with van der Waals surface area (Å²) in [5, 5.41) is 9.61. The summed E-state index contributed by atoms with van der Waals surface area (Å²) in [5.74, 6) is 0. The first-order chi connectivity index (χ1) is 32.3. The smallest absolute Gasteiger partial charge is 0.143 e. The Morgan fingerprint density at radius 3 is 1.74 bits per heavy atom. The van der Waals surface area contributed by atoms with Gasteiger partial charge in [-0.3, -0.25) is 0 Å². The molecule has 2 heterocycles. The van der Waals surface area contributed by atoms with Crippen LogP contribution < -0.4 is 4.90 Å². The number of fused-ring (bicyclic) bond motifs is 9. The van der Waals surface area contributed by atoms with E-state index in [0.717, 1.165) is 61.4 Å². The molecule has 0 aliphatic heterocycles. The van der Waals surface area contributed by atoms with E-state index in [-0.39, 0.29) is 0 Å². The van der Waals surface area contributed by atoms with Crippen molar-refractivity contribution < 1.29 is 4.42 Å². The first kappa shape index (κ1) is 36.9. The first-order valence-electron chi connectivity index (χ1n) is 22.3. The Labute approximate surface area is 376 Å². The Bertz CT molecular complexity index is 3910. The van der Waals surface area contributed by atoms with E-state index >= 15 is 0 Å². The van der Waals surface area contributed by atoms with E-state index < -0.39 is 0 Å². The quantitative estimate of drug-likeness (QED) is 0.149. The minimum absolute atomic E-state index is 0.901. The van der Waals surface area contributed by atoms with Crippen molar-refractivity contribution in [3.8, 4) is 39.1 Å². The molecule has 2 aromatic heterocycles. The lowest BCUT2D eigenvalue weighted by molar-refractivity contribution is 0.670. The molecule has 0 aliphatic carbocycles. The van der Waals surface area contributed by atoms with Gasteiger partial charge in [-0.05, 0) is 93.0 Å². The summed E-state index contributed by atoms with van der Waals surface area (Å²) >= 11 is 0. The van der Waals surface area contributed by atoms with Crippen molar-refractivity contribution in [2.75, 3.05) is 4.90 Å². The van der Waals surface area contributed by atoms with Gasteiger partial charge in [0.1, 0.15) is 11.2 Å². The molecule has 3 nitrogen and oxygen atoms in total. The van der Waals surface area contributed by atoms with Crippen molar-refractivity contribution in [2.24, 2.45) is 0 Å². The van der Waals surface area contributed by atoms with Crippen LogP contribution in [0.1, 0.15) is 0 Å². The standard InChI is InChI=1S/C62H40N2O/c1-2-21-48-41(16-1)34-35-43-17-14-32-59(61(43)48)63(45-38-36-42(37-39-45)49-27-15-28-55-54-26-8-12-33-60(54)65-62(49)55)46-19-13-18-44(40-46)47-20-3-4-22-50(47)51-23-5-9-29-56(51)64-57-30-10-6-24-52(57)53-25-7-11-31-58(53)64/h1-40H. The van der Waals surface area contributed by atoms with Crippen LogP contribution in [0.3, 0.4) is 0 Å². The fourth-order valence-electron chi connectivity index (χ4n) is 10.3. The topological polar surface area (TPSA) is 21.3 Å². The van der Waals surface area contributed by atoms with Crippen LogP contribution in [0.15, 0.2) is 247 Å². The van der Waals surface area contributed by atoms with Crippen LogP contribution in [0.4, 0.5) is 17.1 Å². The number of furan rings is 1. The first-order valence-corrected chi connectivity index (χ1v) is 22.3. The zero-order valence-corrected chi connectivity index (χ0v) is 35.4. The maximum Gasteiger partial charge on any atom is 0.143 e. The van der Waals surface area contributed by atoms with Gasteiger partial charge in [0.05, 0.1) is 22.4 Å². The molecule has 0 atom stereocenters. The lowest BCUT2D eigenvalue weighted by Gasteiger charge is -2.28. The number of anilines is 3. The summed E-state index contributed by atoms with van der Waals surface area (Å²) in [7, 11) is 0. The van der Waals surface area contributed by atoms with Crippen LogP contribution >= 0.6 is 0 Å². The van der Waals surface area contributed by atoms with Gasteiger partial charge in [0.2, 0.25) is 0 Å². The van der Waals surface area contributed by atoms with E-state index in [9.17, 15) is 0 Å². The Hall–Kier alpha value is -8.66.